The predicted octanol–water partition coefficient (Wildman–Crippen LogP) is 9.40. The van der Waals surface area contributed by atoms with E-state index in [1.54, 1.807) is 0 Å². The van der Waals surface area contributed by atoms with Gasteiger partial charge in [-0.2, -0.15) is 0 Å². The lowest BCUT2D eigenvalue weighted by Crippen LogP contribution is -2.05. The van der Waals surface area contributed by atoms with E-state index in [2.05, 4.69) is 92.0 Å². The standard InChI is InChI=1S/C27H36O.C3H8/c1-10-12-13-18(3)19(4)15-25-16-20(5)21(6)17-27(25)23(8)14-22(7)26(11-2)24(9)28;1-3-2/h10-14,16-17,19,28H,7,9,15H2,1-6,8H3;3H2,1-2H3/b12-10-,18-13+,23-14+,26-11+;. The fourth-order valence-electron chi connectivity index (χ4n) is 3.27. The molecule has 1 rings (SSSR count). The van der Waals surface area contributed by atoms with E-state index in [-0.39, 0.29) is 5.76 Å². The summed E-state index contributed by atoms with van der Waals surface area (Å²) < 4.78 is 0. The van der Waals surface area contributed by atoms with E-state index in [0.717, 1.165) is 17.6 Å². The van der Waals surface area contributed by atoms with Gasteiger partial charge in [0.15, 0.2) is 0 Å². The number of allylic oxidation sites excluding steroid dienone is 8. The van der Waals surface area contributed by atoms with Crippen LogP contribution in [0.15, 0.2) is 78.1 Å². The molecule has 0 aromatic heterocycles. The number of hydrogen-bond acceptors (Lipinski definition) is 1. The largest absolute Gasteiger partial charge is 0.508 e. The van der Waals surface area contributed by atoms with E-state index in [0.29, 0.717) is 11.5 Å². The summed E-state index contributed by atoms with van der Waals surface area (Å²) >= 11 is 0. The van der Waals surface area contributed by atoms with Gasteiger partial charge in [0, 0.05) is 5.57 Å². The Morgan fingerprint density at radius 3 is 2.10 bits per heavy atom. The van der Waals surface area contributed by atoms with Crippen molar-refractivity contribution >= 4 is 5.57 Å². The lowest BCUT2D eigenvalue weighted by Gasteiger charge is -2.18. The molecule has 1 atom stereocenters. The van der Waals surface area contributed by atoms with Crippen molar-refractivity contribution in [2.24, 2.45) is 5.92 Å². The second-order valence-electron chi connectivity index (χ2n) is 8.34. The highest BCUT2D eigenvalue weighted by atomic mass is 16.3. The molecule has 31 heavy (non-hydrogen) atoms. The first-order valence-corrected chi connectivity index (χ1v) is 11.4. The van der Waals surface area contributed by atoms with Crippen LogP contribution in [-0.4, -0.2) is 5.11 Å². The number of benzene rings is 1. The van der Waals surface area contributed by atoms with Crippen molar-refractivity contribution in [1.82, 2.24) is 0 Å². The van der Waals surface area contributed by atoms with Crippen LogP contribution in [0.1, 0.15) is 77.1 Å². The second-order valence-corrected chi connectivity index (χ2v) is 8.34. The van der Waals surface area contributed by atoms with Gasteiger partial charge in [-0.05, 0) is 87.3 Å². The van der Waals surface area contributed by atoms with E-state index in [4.69, 9.17) is 0 Å². The lowest BCUT2D eigenvalue weighted by atomic mass is 9.86. The van der Waals surface area contributed by atoms with Crippen molar-refractivity contribution in [2.75, 3.05) is 0 Å². The van der Waals surface area contributed by atoms with Crippen LogP contribution in [0.5, 0.6) is 0 Å². The van der Waals surface area contributed by atoms with Gasteiger partial charge in [0.25, 0.3) is 0 Å². The first-order chi connectivity index (χ1) is 14.5. The molecule has 1 aromatic carbocycles. The summed E-state index contributed by atoms with van der Waals surface area (Å²) in [5.41, 5.74) is 9.16. The highest BCUT2D eigenvalue weighted by molar-refractivity contribution is 5.72. The molecule has 0 amide bonds. The Bertz CT molecular complexity index is 872. The van der Waals surface area contributed by atoms with E-state index in [1.807, 2.05) is 26.0 Å². The molecule has 0 spiro atoms. The van der Waals surface area contributed by atoms with Crippen LogP contribution in [0.2, 0.25) is 0 Å². The van der Waals surface area contributed by atoms with Gasteiger partial charge in [-0.1, -0.05) is 88.4 Å². The van der Waals surface area contributed by atoms with Gasteiger partial charge in [-0.15, -0.1) is 0 Å². The van der Waals surface area contributed by atoms with Gasteiger partial charge in [-0.25, -0.2) is 0 Å². The Hall–Kier alpha value is -2.54. The summed E-state index contributed by atoms with van der Waals surface area (Å²) in [6.45, 7) is 26.8. The van der Waals surface area contributed by atoms with Crippen LogP contribution in [0.3, 0.4) is 0 Å². The quantitative estimate of drug-likeness (QED) is 0.328. The van der Waals surface area contributed by atoms with Gasteiger partial charge >= 0.3 is 0 Å². The molecule has 0 radical (unpaired) electrons. The summed E-state index contributed by atoms with van der Waals surface area (Å²) in [7, 11) is 0. The summed E-state index contributed by atoms with van der Waals surface area (Å²) in [5.74, 6) is 0.506. The number of aliphatic hydroxyl groups excluding tert-OH is 1. The smallest absolute Gasteiger partial charge is 0.115 e. The maximum Gasteiger partial charge on any atom is 0.115 e. The van der Waals surface area contributed by atoms with Crippen LogP contribution >= 0.6 is 0 Å². The predicted molar refractivity (Wildman–Crippen MR) is 142 cm³/mol. The van der Waals surface area contributed by atoms with Gasteiger partial charge in [0.05, 0.1) is 0 Å². The normalized spacial score (nSPS) is 13.6. The van der Waals surface area contributed by atoms with Gasteiger partial charge in [-0.3, -0.25) is 0 Å². The number of rotatable bonds is 8. The molecule has 1 unspecified atom stereocenters. The van der Waals surface area contributed by atoms with Crippen molar-refractivity contribution in [3.05, 3.63) is 100 Å². The molecule has 1 aromatic rings. The van der Waals surface area contributed by atoms with E-state index < -0.39 is 0 Å². The van der Waals surface area contributed by atoms with Crippen LogP contribution in [-0.2, 0) is 6.42 Å². The summed E-state index contributed by atoms with van der Waals surface area (Å²) in [4.78, 5) is 0. The number of aliphatic hydroxyl groups is 1. The topological polar surface area (TPSA) is 20.2 Å². The summed E-state index contributed by atoms with van der Waals surface area (Å²) in [6, 6.07) is 4.58. The zero-order valence-electron chi connectivity index (χ0n) is 21.4. The van der Waals surface area contributed by atoms with Gasteiger partial charge in [0.1, 0.15) is 5.76 Å². The van der Waals surface area contributed by atoms with E-state index in [1.165, 1.54) is 34.2 Å². The van der Waals surface area contributed by atoms with Crippen LogP contribution in [0, 0.1) is 19.8 Å². The molecule has 170 valence electrons. The molecule has 0 fully saturated rings. The first kappa shape index (κ1) is 28.5. The number of aryl methyl sites for hydroxylation is 2. The van der Waals surface area contributed by atoms with Crippen molar-refractivity contribution in [1.29, 1.82) is 0 Å². The van der Waals surface area contributed by atoms with Crippen molar-refractivity contribution in [3.8, 4) is 0 Å². The SMILES string of the molecule is C=C(O)/C(=C/C)C(=C)/C=C(\C)c1cc(C)c(C)cc1CC(C)/C(C)=C/C=C\C.CCC. The number of hydrogen-bond donors (Lipinski definition) is 1. The van der Waals surface area contributed by atoms with Crippen molar-refractivity contribution < 1.29 is 5.11 Å². The Labute approximate surface area is 192 Å². The zero-order valence-corrected chi connectivity index (χ0v) is 21.4. The monoisotopic (exact) mass is 420 g/mol. The van der Waals surface area contributed by atoms with E-state index >= 15 is 0 Å². The molecule has 1 nitrogen and oxygen atoms in total. The molecule has 0 bridgehead atoms. The van der Waals surface area contributed by atoms with Crippen LogP contribution in [0.25, 0.3) is 5.57 Å². The average Bonchev–Trinajstić information content (AvgIpc) is 2.69. The molecular formula is C30H44O. The minimum atomic E-state index is 0.0511. The zero-order chi connectivity index (χ0) is 24.1. The highest BCUT2D eigenvalue weighted by Gasteiger charge is 2.13. The molecule has 0 aliphatic rings. The second kappa shape index (κ2) is 14.5. The van der Waals surface area contributed by atoms with Crippen molar-refractivity contribution in [2.45, 2.75) is 75.2 Å². The summed E-state index contributed by atoms with van der Waals surface area (Å²) in [5, 5.41) is 9.79. The molecule has 0 heterocycles. The minimum absolute atomic E-state index is 0.0511. The lowest BCUT2D eigenvalue weighted by molar-refractivity contribution is 0.428. The molecule has 0 saturated heterocycles. The van der Waals surface area contributed by atoms with E-state index in [9.17, 15) is 5.11 Å². The first-order valence-electron chi connectivity index (χ1n) is 11.4. The fourth-order valence-corrected chi connectivity index (χ4v) is 3.27. The van der Waals surface area contributed by atoms with Crippen LogP contribution in [0.4, 0.5) is 0 Å². The van der Waals surface area contributed by atoms with Crippen LogP contribution < -0.4 is 0 Å². The molecule has 0 aliphatic carbocycles. The Balaban J connectivity index is 0.00000282. The molecule has 1 heteroatoms. The minimum Gasteiger partial charge on any atom is -0.508 e. The maximum atomic E-state index is 9.79. The van der Waals surface area contributed by atoms with Crippen molar-refractivity contribution in [3.63, 3.8) is 0 Å². The third-order valence-electron chi connectivity index (χ3n) is 5.34. The molecule has 0 saturated carbocycles. The Morgan fingerprint density at radius 2 is 1.61 bits per heavy atom. The fraction of sp³-hybridized carbons (Fsp3) is 0.400. The van der Waals surface area contributed by atoms with Gasteiger partial charge < -0.3 is 5.11 Å². The average molecular weight is 421 g/mol. The third kappa shape index (κ3) is 9.42. The third-order valence-corrected chi connectivity index (χ3v) is 5.34. The van der Waals surface area contributed by atoms with Gasteiger partial charge in [0.2, 0.25) is 0 Å². The Kier molecular flexibility index (Phi) is 13.3. The maximum absolute atomic E-state index is 9.79. The Morgan fingerprint density at radius 1 is 1.06 bits per heavy atom. The molecular weight excluding hydrogens is 376 g/mol. The molecule has 1 N–H and O–H groups in total. The summed E-state index contributed by atoms with van der Waals surface area (Å²) in [6.07, 6.45) is 12.5. The highest BCUT2D eigenvalue weighted by Crippen LogP contribution is 2.29. The molecule has 0 aliphatic heterocycles.